The molecule has 6 nitrogen and oxygen atoms in total. The lowest BCUT2D eigenvalue weighted by Gasteiger charge is -2.21. The standard InChI is InChI=1S/C22H30N2O4S/c1-15(2)18-12-11-17(13-16(18)3)28-14-21(25)23-19-9-7-8-10-20(19)29(26,27)24-22(4,5)6/h7-13,15,24H,14H2,1-6H3,(H,23,25). The van der Waals surface area contributed by atoms with E-state index in [1.807, 2.05) is 25.1 Å². The Hall–Kier alpha value is -2.38. The number of nitrogens with one attached hydrogen (secondary N) is 2. The lowest BCUT2D eigenvalue weighted by Crippen LogP contribution is -2.40. The molecule has 0 aromatic heterocycles. The monoisotopic (exact) mass is 418 g/mol. The number of hydrogen-bond acceptors (Lipinski definition) is 4. The van der Waals surface area contributed by atoms with Crippen LogP contribution in [0.4, 0.5) is 5.69 Å². The highest BCUT2D eigenvalue weighted by Gasteiger charge is 2.25. The lowest BCUT2D eigenvalue weighted by atomic mass is 9.98. The van der Waals surface area contributed by atoms with E-state index in [4.69, 9.17) is 4.74 Å². The van der Waals surface area contributed by atoms with Crippen molar-refractivity contribution in [2.75, 3.05) is 11.9 Å². The quantitative estimate of drug-likeness (QED) is 0.705. The summed E-state index contributed by atoms with van der Waals surface area (Å²) in [6.07, 6.45) is 0. The van der Waals surface area contributed by atoms with Gasteiger partial charge in [-0.05, 0) is 69.0 Å². The second kappa shape index (κ2) is 8.97. The normalized spacial score (nSPS) is 12.1. The number of anilines is 1. The van der Waals surface area contributed by atoms with Crippen molar-refractivity contribution in [3.63, 3.8) is 0 Å². The number of hydrogen-bond donors (Lipinski definition) is 2. The molecule has 0 heterocycles. The van der Waals surface area contributed by atoms with Gasteiger partial charge in [0.25, 0.3) is 5.91 Å². The summed E-state index contributed by atoms with van der Waals surface area (Å²) < 4.78 is 33.5. The Labute approximate surface area is 173 Å². The van der Waals surface area contributed by atoms with Gasteiger partial charge in [-0.2, -0.15) is 0 Å². The Morgan fingerprint density at radius 1 is 1.10 bits per heavy atom. The number of aryl methyl sites for hydroxylation is 1. The maximum absolute atomic E-state index is 12.7. The first-order valence-corrected chi connectivity index (χ1v) is 11.0. The third-order valence-electron chi connectivity index (χ3n) is 4.12. The van der Waals surface area contributed by atoms with E-state index in [9.17, 15) is 13.2 Å². The van der Waals surface area contributed by atoms with Gasteiger partial charge in [0.15, 0.2) is 6.61 Å². The molecule has 0 atom stereocenters. The highest BCUT2D eigenvalue weighted by atomic mass is 32.2. The van der Waals surface area contributed by atoms with Crippen molar-refractivity contribution in [2.24, 2.45) is 0 Å². The molecule has 1 amide bonds. The summed E-state index contributed by atoms with van der Waals surface area (Å²) >= 11 is 0. The molecule has 0 bridgehead atoms. The molecule has 2 aromatic rings. The largest absolute Gasteiger partial charge is 0.484 e. The minimum absolute atomic E-state index is 0.0143. The molecule has 158 valence electrons. The molecule has 0 unspecified atom stereocenters. The van der Waals surface area contributed by atoms with Crippen LogP contribution in [-0.2, 0) is 14.8 Å². The second-order valence-corrected chi connectivity index (χ2v) is 10.0. The number of amides is 1. The van der Waals surface area contributed by atoms with Gasteiger partial charge in [0.05, 0.1) is 5.69 Å². The Bertz CT molecular complexity index is 977. The third kappa shape index (κ3) is 6.58. The maximum Gasteiger partial charge on any atom is 0.262 e. The molecule has 0 aliphatic heterocycles. The van der Waals surface area contributed by atoms with Crippen molar-refractivity contribution in [1.82, 2.24) is 4.72 Å². The molecule has 29 heavy (non-hydrogen) atoms. The van der Waals surface area contributed by atoms with Gasteiger partial charge in [-0.15, -0.1) is 0 Å². The van der Waals surface area contributed by atoms with E-state index in [0.717, 1.165) is 5.56 Å². The maximum atomic E-state index is 12.7. The average Bonchev–Trinajstić information content (AvgIpc) is 2.58. The highest BCUT2D eigenvalue weighted by Crippen LogP contribution is 2.24. The van der Waals surface area contributed by atoms with E-state index < -0.39 is 21.5 Å². The van der Waals surface area contributed by atoms with E-state index in [-0.39, 0.29) is 17.2 Å². The average molecular weight is 419 g/mol. The van der Waals surface area contributed by atoms with Gasteiger partial charge < -0.3 is 10.1 Å². The van der Waals surface area contributed by atoms with Gasteiger partial charge in [0, 0.05) is 5.54 Å². The third-order valence-corrected chi connectivity index (χ3v) is 5.94. The molecule has 2 rings (SSSR count). The molecule has 0 saturated heterocycles. The van der Waals surface area contributed by atoms with Crippen molar-refractivity contribution >= 4 is 21.6 Å². The Balaban J connectivity index is 2.10. The van der Waals surface area contributed by atoms with Crippen LogP contribution in [-0.4, -0.2) is 26.5 Å². The van der Waals surface area contributed by atoms with Crippen molar-refractivity contribution in [3.05, 3.63) is 53.6 Å². The zero-order chi connectivity index (χ0) is 21.8. The molecule has 2 aromatic carbocycles. The molecule has 0 aliphatic rings. The minimum Gasteiger partial charge on any atom is -0.484 e. The summed E-state index contributed by atoms with van der Waals surface area (Å²) in [4.78, 5) is 12.4. The van der Waals surface area contributed by atoms with Crippen LogP contribution in [0.5, 0.6) is 5.75 Å². The number of rotatable bonds is 7. The molecular weight excluding hydrogens is 388 g/mol. The summed E-state index contributed by atoms with van der Waals surface area (Å²) in [5.41, 5.74) is 1.90. The lowest BCUT2D eigenvalue weighted by molar-refractivity contribution is -0.118. The van der Waals surface area contributed by atoms with Gasteiger partial charge in [-0.1, -0.05) is 32.0 Å². The van der Waals surface area contributed by atoms with Crippen LogP contribution in [0.3, 0.4) is 0 Å². The van der Waals surface area contributed by atoms with E-state index in [1.54, 1.807) is 39.0 Å². The molecule has 7 heteroatoms. The van der Waals surface area contributed by atoms with Gasteiger partial charge in [0.1, 0.15) is 10.6 Å². The number of para-hydroxylation sites is 1. The molecule has 0 spiro atoms. The number of carbonyl (C=O) groups excluding carboxylic acids is 1. The number of benzene rings is 2. The van der Waals surface area contributed by atoms with Gasteiger partial charge in [-0.3, -0.25) is 4.79 Å². The molecule has 0 fully saturated rings. The van der Waals surface area contributed by atoms with Crippen LogP contribution in [0.2, 0.25) is 0 Å². The highest BCUT2D eigenvalue weighted by molar-refractivity contribution is 7.89. The van der Waals surface area contributed by atoms with Crippen LogP contribution >= 0.6 is 0 Å². The van der Waals surface area contributed by atoms with E-state index in [2.05, 4.69) is 23.9 Å². The van der Waals surface area contributed by atoms with E-state index in [1.165, 1.54) is 11.6 Å². The van der Waals surface area contributed by atoms with Gasteiger partial charge >= 0.3 is 0 Å². The molecule has 0 radical (unpaired) electrons. The molecular formula is C22H30N2O4S. The van der Waals surface area contributed by atoms with Crippen LogP contribution < -0.4 is 14.8 Å². The summed E-state index contributed by atoms with van der Waals surface area (Å²) in [6, 6.07) is 12.0. The minimum atomic E-state index is -3.79. The Morgan fingerprint density at radius 3 is 2.34 bits per heavy atom. The first-order chi connectivity index (χ1) is 13.4. The van der Waals surface area contributed by atoms with E-state index >= 15 is 0 Å². The zero-order valence-electron chi connectivity index (χ0n) is 17.9. The molecule has 0 saturated carbocycles. The number of carbonyl (C=O) groups is 1. The Morgan fingerprint density at radius 2 is 1.76 bits per heavy atom. The fraction of sp³-hybridized carbons (Fsp3) is 0.409. The van der Waals surface area contributed by atoms with Crippen molar-refractivity contribution in [2.45, 2.75) is 57.9 Å². The Kier molecular flexibility index (Phi) is 7.08. The summed E-state index contributed by atoms with van der Waals surface area (Å²) in [7, 11) is -3.79. The molecule has 2 N–H and O–H groups in total. The smallest absolute Gasteiger partial charge is 0.262 e. The predicted molar refractivity (Wildman–Crippen MR) is 116 cm³/mol. The van der Waals surface area contributed by atoms with Crippen LogP contribution in [0.25, 0.3) is 0 Å². The second-order valence-electron chi connectivity index (χ2n) is 8.36. The topological polar surface area (TPSA) is 84.5 Å². The van der Waals surface area contributed by atoms with Gasteiger partial charge in [-0.25, -0.2) is 13.1 Å². The van der Waals surface area contributed by atoms with Gasteiger partial charge in [0.2, 0.25) is 10.0 Å². The first-order valence-electron chi connectivity index (χ1n) is 9.55. The van der Waals surface area contributed by atoms with Crippen LogP contribution in [0.1, 0.15) is 51.7 Å². The molecule has 0 aliphatic carbocycles. The van der Waals surface area contributed by atoms with Crippen LogP contribution in [0.15, 0.2) is 47.4 Å². The van der Waals surface area contributed by atoms with Crippen molar-refractivity contribution in [3.8, 4) is 5.75 Å². The van der Waals surface area contributed by atoms with Crippen molar-refractivity contribution < 1.29 is 17.9 Å². The summed E-state index contributed by atoms with van der Waals surface area (Å²) in [5.74, 6) is 0.568. The number of sulfonamides is 1. The predicted octanol–water partition coefficient (Wildman–Crippen LogP) is 4.21. The fourth-order valence-electron chi connectivity index (χ4n) is 2.98. The SMILES string of the molecule is Cc1cc(OCC(=O)Nc2ccccc2S(=O)(=O)NC(C)(C)C)ccc1C(C)C. The fourth-order valence-corrected chi connectivity index (χ4v) is 4.57. The van der Waals surface area contributed by atoms with Crippen LogP contribution in [0, 0.1) is 6.92 Å². The summed E-state index contributed by atoms with van der Waals surface area (Å²) in [5, 5.41) is 2.63. The first kappa shape index (κ1) is 22.9. The van der Waals surface area contributed by atoms with E-state index in [0.29, 0.717) is 11.7 Å². The van der Waals surface area contributed by atoms with Crippen molar-refractivity contribution in [1.29, 1.82) is 0 Å². The summed E-state index contributed by atoms with van der Waals surface area (Å²) in [6.45, 7) is 11.3. The zero-order valence-corrected chi connectivity index (χ0v) is 18.7. The number of ether oxygens (including phenoxy) is 1.